The first kappa shape index (κ1) is 26.3. The molecule has 0 saturated carbocycles. The summed E-state index contributed by atoms with van der Waals surface area (Å²) in [6.07, 6.45) is 4.66. The fraction of sp³-hybridized carbons (Fsp3) is 0.208. The molecule has 0 atom stereocenters. The normalized spacial score (nSPS) is 14.7. The number of nitro benzene ring substituents is 1. The molecular weight excluding hydrogens is 490 g/mol. The van der Waals surface area contributed by atoms with Gasteiger partial charge in [0.05, 0.1) is 55.7 Å². The van der Waals surface area contributed by atoms with Gasteiger partial charge in [-0.05, 0) is 30.4 Å². The molecule has 3 rings (SSSR count). The van der Waals surface area contributed by atoms with Crippen LogP contribution in [0, 0.1) is 10.1 Å². The summed E-state index contributed by atoms with van der Waals surface area (Å²) in [7, 11) is 1.96. The van der Waals surface area contributed by atoms with E-state index < -0.39 is 14.9 Å². The SMILES string of the molecule is COC1=CC=C(NS(=O)(=O)C=Cc2c(OC)cc(OC)cc2OC)CC1=Nc1ccc([N+](=O)[O-])cc1. The zero-order valence-electron chi connectivity index (χ0n) is 20.0. The summed E-state index contributed by atoms with van der Waals surface area (Å²) in [4.78, 5) is 14.8. The Balaban J connectivity index is 1.83. The highest BCUT2D eigenvalue weighted by atomic mass is 32.2. The van der Waals surface area contributed by atoms with Crippen molar-refractivity contribution in [2.24, 2.45) is 4.99 Å². The molecule has 2 aromatic carbocycles. The van der Waals surface area contributed by atoms with E-state index >= 15 is 0 Å². The van der Waals surface area contributed by atoms with Crippen LogP contribution in [0.2, 0.25) is 0 Å². The molecule has 1 N–H and O–H groups in total. The van der Waals surface area contributed by atoms with Crippen molar-refractivity contribution in [2.45, 2.75) is 6.42 Å². The van der Waals surface area contributed by atoms with Crippen molar-refractivity contribution in [3.05, 3.63) is 81.1 Å². The molecular formula is C24H25N3O8S. The topological polar surface area (TPSA) is 139 Å². The van der Waals surface area contributed by atoms with Gasteiger partial charge in [0.15, 0.2) is 0 Å². The molecule has 0 saturated heterocycles. The van der Waals surface area contributed by atoms with Crippen LogP contribution in [0.4, 0.5) is 11.4 Å². The summed E-state index contributed by atoms with van der Waals surface area (Å²) in [6.45, 7) is 0. The maximum absolute atomic E-state index is 12.8. The Bertz CT molecular complexity index is 1340. The molecule has 0 spiro atoms. The van der Waals surface area contributed by atoms with Gasteiger partial charge in [0, 0.05) is 36.4 Å². The quantitative estimate of drug-likeness (QED) is 0.369. The maximum atomic E-state index is 12.8. The van der Waals surface area contributed by atoms with E-state index in [1.165, 1.54) is 58.8 Å². The van der Waals surface area contributed by atoms with Gasteiger partial charge in [-0.3, -0.25) is 14.8 Å². The monoisotopic (exact) mass is 515 g/mol. The summed E-state index contributed by atoms with van der Waals surface area (Å²) in [6, 6.07) is 8.90. The van der Waals surface area contributed by atoms with Gasteiger partial charge in [-0.25, -0.2) is 13.4 Å². The lowest BCUT2D eigenvalue weighted by atomic mass is 10.1. The van der Waals surface area contributed by atoms with Crippen LogP contribution in [-0.4, -0.2) is 47.5 Å². The third-order valence-electron chi connectivity index (χ3n) is 5.06. The summed E-state index contributed by atoms with van der Waals surface area (Å²) < 4.78 is 49.4. The lowest BCUT2D eigenvalue weighted by Gasteiger charge is -2.17. The van der Waals surface area contributed by atoms with Crippen molar-refractivity contribution >= 4 is 33.2 Å². The highest BCUT2D eigenvalue weighted by molar-refractivity contribution is 7.92. The van der Waals surface area contributed by atoms with Gasteiger partial charge >= 0.3 is 0 Å². The standard InChI is InChI=1S/C24H25N3O8S/c1-32-19-14-23(34-3)20(24(15-19)35-4)11-12-36(30,31)26-17-7-10-22(33-2)21(13-17)25-16-5-8-18(9-6-16)27(28)29/h5-12,14-15,26H,13H2,1-4H3. The Kier molecular flexibility index (Phi) is 8.33. The molecule has 0 heterocycles. The molecule has 11 nitrogen and oxygen atoms in total. The highest BCUT2D eigenvalue weighted by Gasteiger charge is 2.19. The van der Waals surface area contributed by atoms with Gasteiger partial charge in [-0.2, -0.15) is 0 Å². The zero-order chi connectivity index (χ0) is 26.3. The molecule has 0 aromatic heterocycles. The summed E-state index contributed by atoms with van der Waals surface area (Å²) in [5.74, 6) is 1.69. The lowest BCUT2D eigenvalue weighted by molar-refractivity contribution is -0.384. The highest BCUT2D eigenvalue weighted by Crippen LogP contribution is 2.35. The Hall–Kier alpha value is -4.32. The number of methoxy groups -OCH3 is 4. The van der Waals surface area contributed by atoms with E-state index in [-0.39, 0.29) is 12.1 Å². The molecule has 0 fully saturated rings. The first-order chi connectivity index (χ1) is 17.2. The molecule has 36 heavy (non-hydrogen) atoms. The molecule has 0 aliphatic heterocycles. The number of sulfonamides is 1. The van der Waals surface area contributed by atoms with E-state index in [4.69, 9.17) is 18.9 Å². The van der Waals surface area contributed by atoms with Gasteiger partial charge in [0.25, 0.3) is 15.7 Å². The number of nitrogens with zero attached hydrogens (tertiary/aromatic N) is 2. The average Bonchev–Trinajstić information content (AvgIpc) is 2.87. The van der Waals surface area contributed by atoms with E-state index in [9.17, 15) is 18.5 Å². The van der Waals surface area contributed by atoms with Crippen LogP contribution in [0.25, 0.3) is 6.08 Å². The van der Waals surface area contributed by atoms with Crippen molar-refractivity contribution in [3.63, 3.8) is 0 Å². The van der Waals surface area contributed by atoms with Gasteiger partial charge < -0.3 is 18.9 Å². The number of nitro groups is 1. The number of aliphatic imine (C=N–C) groups is 1. The first-order valence-electron chi connectivity index (χ1n) is 10.5. The molecule has 12 heteroatoms. The van der Waals surface area contributed by atoms with E-state index in [1.54, 1.807) is 24.3 Å². The van der Waals surface area contributed by atoms with E-state index in [0.717, 1.165) is 5.41 Å². The van der Waals surface area contributed by atoms with Gasteiger partial charge in [0.1, 0.15) is 23.0 Å². The lowest BCUT2D eigenvalue weighted by Crippen LogP contribution is -2.24. The number of non-ortho nitro benzene ring substituents is 1. The molecule has 0 radical (unpaired) electrons. The molecule has 2 aromatic rings. The Labute approximate surface area is 208 Å². The van der Waals surface area contributed by atoms with Crippen LogP contribution in [0.15, 0.2) is 70.4 Å². The summed E-state index contributed by atoms with van der Waals surface area (Å²) in [5.41, 5.74) is 1.63. The number of allylic oxidation sites excluding steroid dienone is 4. The first-order valence-corrected chi connectivity index (χ1v) is 12.0. The van der Waals surface area contributed by atoms with Crippen LogP contribution >= 0.6 is 0 Å². The number of rotatable bonds is 10. The van der Waals surface area contributed by atoms with Crippen LogP contribution in [0.5, 0.6) is 17.2 Å². The Morgan fingerprint density at radius 2 is 1.61 bits per heavy atom. The van der Waals surface area contributed by atoms with Gasteiger partial charge in [-0.1, -0.05) is 0 Å². The third kappa shape index (κ3) is 6.42. The van der Waals surface area contributed by atoms with E-state index in [2.05, 4.69) is 9.71 Å². The maximum Gasteiger partial charge on any atom is 0.269 e. The largest absolute Gasteiger partial charge is 0.496 e. The van der Waals surface area contributed by atoms with Crippen LogP contribution in [-0.2, 0) is 14.8 Å². The number of nitrogens with one attached hydrogen (secondary N) is 1. The predicted molar refractivity (Wildman–Crippen MR) is 135 cm³/mol. The van der Waals surface area contributed by atoms with Crippen molar-refractivity contribution < 1.29 is 32.3 Å². The van der Waals surface area contributed by atoms with Crippen molar-refractivity contribution in [2.75, 3.05) is 28.4 Å². The van der Waals surface area contributed by atoms with Crippen molar-refractivity contribution in [1.29, 1.82) is 0 Å². The van der Waals surface area contributed by atoms with Crippen LogP contribution in [0.3, 0.4) is 0 Å². The Morgan fingerprint density at radius 1 is 0.972 bits per heavy atom. The average molecular weight is 516 g/mol. The fourth-order valence-corrected chi connectivity index (χ4v) is 4.21. The van der Waals surface area contributed by atoms with Crippen molar-refractivity contribution in [1.82, 2.24) is 4.72 Å². The summed E-state index contributed by atoms with van der Waals surface area (Å²) >= 11 is 0. The minimum atomic E-state index is -3.92. The number of hydrogen-bond donors (Lipinski definition) is 1. The molecule has 1 aliphatic rings. The second kappa shape index (κ2) is 11.4. The van der Waals surface area contributed by atoms with E-state index in [0.29, 0.717) is 45.7 Å². The van der Waals surface area contributed by atoms with Gasteiger partial charge in [0.2, 0.25) is 0 Å². The summed E-state index contributed by atoms with van der Waals surface area (Å²) in [5, 5.41) is 11.9. The second-order valence-electron chi connectivity index (χ2n) is 7.33. The molecule has 0 bridgehead atoms. The second-order valence-corrected chi connectivity index (χ2v) is 8.90. The number of hydrogen-bond acceptors (Lipinski definition) is 9. The fourth-order valence-electron chi connectivity index (χ4n) is 3.33. The smallest absolute Gasteiger partial charge is 0.269 e. The zero-order valence-corrected chi connectivity index (χ0v) is 20.9. The van der Waals surface area contributed by atoms with Crippen molar-refractivity contribution in [3.8, 4) is 17.2 Å². The minimum absolute atomic E-state index is 0.0599. The van der Waals surface area contributed by atoms with Crippen LogP contribution < -0.4 is 18.9 Å². The molecule has 0 amide bonds. The van der Waals surface area contributed by atoms with E-state index in [1.807, 2.05) is 0 Å². The Morgan fingerprint density at radius 3 is 2.14 bits per heavy atom. The molecule has 0 unspecified atom stereocenters. The molecule has 1 aliphatic carbocycles. The number of ether oxygens (including phenoxy) is 4. The number of benzene rings is 2. The van der Waals surface area contributed by atoms with Gasteiger partial charge in [-0.15, -0.1) is 0 Å². The predicted octanol–water partition coefficient (Wildman–Crippen LogP) is 4.10. The minimum Gasteiger partial charge on any atom is -0.496 e. The third-order valence-corrected chi connectivity index (χ3v) is 6.10. The van der Waals surface area contributed by atoms with Crippen LogP contribution in [0.1, 0.15) is 12.0 Å². The molecule has 190 valence electrons.